The lowest BCUT2D eigenvalue weighted by Crippen LogP contribution is -2.16. The number of aromatic nitrogens is 2. The molecule has 0 aliphatic carbocycles. The van der Waals surface area contributed by atoms with Crippen LogP contribution in [0.1, 0.15) is 16.2 Å². The average Bonchev–Trinajstić information content (AvgIpc) is 2.58. The molecule has 1 aromatic heterocycles. The third kappa shape index (κ3) is 4.14. The predicted molar refractivity (Wildman–Crippen MR) is 90.8 cm³/mol. The molecule has 1 heterocycles. The summed E-state index contributed by atoms with van der Waals surface area (Å²) in [6, 6.07) is 13.0. The van der Waals surface area contributed by atoms with Gasteiger partial charge in [-0.2, -0.15) is 0 Å². The molecule has 0 aliphatic rings. The standard InChI is InChI=1S/C18H14F2N4O/c1-11-10-16(17(25)23-15-5-3-2-4-14(15)20)24-18(21-11)22-13-8-6-12(19)7-9-13/h2-10H,1H3,(H,23,25)(H,21,22,24). The molecule has 0 atom stereocenters. The Morgan fingerprint density at radius 3 is 2.44 bits per heavy atom. The topological polar surface area (TPSA) is 66.9 Å². The van der Waals surface area contributed by atoms with E-state index in [1.54, 1.807) is 13.0 Å². The van der Waals surface area contributed by atoms with Crippen molar-refractivity contribution in [3.8, 4) is 0 Å². The van der Waals surface area contributed by atoms with Crippen LogP contribution in [0.25, 0.3) is 0 Å². The Morgan fingerprint density at radius 1 is 1.00 bits per heavy atom. The molecule has 0 radical (unpaired) electrons. The van der Waals surface area contributed by atoms with E-state index in [2.05, 4.69) is 20.6 Å². The number of amides is 1. The smallest absolute Gasteiger partial charge is 0.274 e. The van der Waals surface area contributed by atoms with Crippen LogP contribution in [-0.2, 0) is 0 Å². The summed E-state index contributed by atoms with van der Waals surface area (Å²) in [5.74, 6) is -1.27. The van der Waals surface area contributed by atoms with Crippen molar-refractivity contribution in [2.24, 2.45) is 0 Å². The van der Waals surface area contributed by atoms with Crippen LogP contribution < -0.4 is 10.6 Å². The molecule has 0 unspecified atom stereocenters. The summed E-state index contributed by atoms with van der Waals surface area (Å²) in [5, 5.41) is 5.37. The Labute approximate surface area is 142 Å². The number of hydrogen-bond donors (Lipinski definition) is 2. The number of para-hydroxylation sites is 1. The number of benzene rings is 2. The Bertz CT molecular complexity index is 913. The number of aryl methyl sites for hydroxylation is 1. The fourth-order valence-electron chi connectivity index (χ4n) is 2.15. The third-order valence-electron chi connectivity index (χ3n) is 3.31. The van der Waals surface area contributed by atoms with E-state index in [-0.39, 0.29) is 23.1 Å². The molecule has 25 heavy (non-hydrogen) atoms. The van der Waals surface area contributed by atoms with Gasteiger partial charge in [-0.1, -0.05) is 12.1 Å². The predicted octanol–water partition coefficient (Wildman–Crippen LogP) is 4.06. The highest BCUT2D eigenvalue weighted by Gasteiger charge is 2.13. The van der Waals surface area contributed by atoms with E-state index in [0.717, 1.165) is 0 Å². The van der Waals surface area contributed by atoms with E-state index in [1.165, 1.54) is 48.5 Å². The third-order valence-corrected chi connectivity index (χ3v) is 3.31. The van der Waals surface area contributed by atoms with Crippen LogP contribution in [0.4, 0.5) is 26.1 Å². The van der Waals surface area contributed by atoms with Gasteiger partial charge in [-0.25, -0.2) is 18.7 Å². The fraction of sp³-hybridized carbons (Fsp3) is 0.0556. The molecule has 0 aliphatic heterocycles. The molecule has 2 aromatic carbocycles. The van der Waals surface area contributed by atoms with E-state index in [9.17, 15) is 13.6 Å². The minimum Gasteiger partial charge on any atom is -0.324 e. The molecule has 3 rings (SSSR count). The van der Waals surface area contributed by atoms with Crippen LogP contribution >= 0.6 is 0 Å². The second kappa shape index (κ2) is 7.04. The van der Waals surface area contributed by atoms with Crippen LogP contribution in [0.5, 0.6) is 0 Å². The molecule has 126 valence electrons. The number of carbonyl (C=O) groups excluding carboxylic acids is 1. The van der Waals surface area contributed by atoms with Crippen molar-refractivity contribution in [3.05, 3.63) is 77.6 Å². The van der Waals surface area contributed by atoms with Gasteiger partial charge >= 0.3 is 0 Å². The van der Waals surface area contributed by atoms with Gasteiger partial charge in [0.1, 0.15) is 17.3 Å². The summed E-state index contributed by atoms with van der Waals surface area (Å²) in [5.41, 5.74) is 1.28. The highest BCUT2D eigenvalue weighted by molar-refractivity contribution is 6.03. The van der Waals surface area contributed by atoms with E-state index in [1.807, 2.05) is 0 Å². The number of nitrogens with zero attached hydrogens (tertiary/aromatic N) is 2. The van der Waals surface area contributed by atoms with Crippen molar-refractivity contribution in [2.45, 2.75) is 6.92 Å². The normalized spacial score (nSPS) is 10.4. The molecule has 0 bridgehead atoms. The zero-order valence-corrected chi connectivity index (χ0v) is 13.3. The maximum absolute atomic E-state index is 13.7. The van der Waals surface area contributed by atoms with Crippen LogP contribution in [-0.4, -0.2) is 15.9 Å². The summed E-state index contributed by atoms with van der Waals surface area (Å²) in [6.07, 6.45) is 0. The zero-order chi connectivity index (χ0) is 17.8. The van der Waals surface area contributed by atoms with Crippen LogP contribution in [0.3, 0.4) is 0 Å². The Kier molecular flexibility index (Phi) is 4.65. The van der Waals surface area contributed by atoms with Crippen molar-refractivity contribution in [1.29, 1.82) is 0 Å². The first-order valence-corrected chi connectivity index (χ1v) is 7.45. The van der Waals surface area contributed by atoms with Gasteiger partial charge in [0, 0.05) is 11.4 Å². The Balaban J connectivity index is 1.82. The highest BCUT2D eigenvalue weighted by atomic mass is 19.1. The molecule has 1 amide bonds. The minimum absolute atomic E-state index is 0.0665. The fourth-order valence-corrected chi connectivity index (χ4v) is 2.15. The maximum Gasteiger partial charge on any atom is 0.274 e. The van der Waals surface area contributed by atoms with Gasteiger partial charge in [-0.15, -0.1) is 0 Å². The quantitative estimate of drug-likeness (QED) is 0.752. The highest BCUT2D eigenvalue weighted by Crippen LogP contribution is 2.17. The zero-order valence-electron chi connectivity index (χ0n) is 13.3. The number of carbonyl (C=O) groups is 1. The second-order valence-electron chi connectivity index (χ2n) is 5.28. The number of halogens is 2. The molecule has 0 fully saturated rings. The maximum atomic E-state index is 13.7. The summed E-state index contributed by atoms with van der Waals surface area (Å²) in [7, 11) is 0. The van der Waals surface area contributed by atoms with Crippen molar-refractivity contribution in [1.82, 2.24) is 9.97 Å². The lowest BCUT2D eigenvalue weighted by atomic mass is 10.2. The molecule has 3 aromatic rings. The number of rotatable bonds is 4. The van der Waals surface area contributed by atoms with Crippen molar-refractivity contribution < 1.29 is 13.6 Å². The molecule has 5 nitrogen and oxygen atoms in total. The van der Waals surface area contributed by atoms with Gasteiger partial charge < -0.3 is 10.6 Å². The van der Waals surface area contributed by atoms with Gasteiger partial charge in [0.25, 0.3) is 5.91 Å². The number of anilines is 3. The average molecular weight is 340 g/mol. The van der Waals surface area contributed by atoms with Crippen LogP contribution in [0.15, 0.2) is 54.6 Å². The van der Waals surface area contributed by atoms with Gasteiger partial charge in [0.15, 0.2) is 0 Å². The Morgan fingerprint density at radius 2 is 1.72 bits per heavy atom. The molecular weight excluding hydrogens is 326 g/mol. The van der Waals surface area contributed by atoms with Crippen molar-refractivity contribution in [3.63, 3.8) is 0 Å². The summed E-state index contributed by atoms with van der Waals surface area (Å²) in [6.45, 7) is 1.71. The van der Waals surface area contributed by atoms with E-state index >= 15 is 0 Å². The SMILES string of the molecule is Cc1cc(C(=O)Nc2ccccc2F)nc(Nc2ccc(F)cc2)n1. The number of hydrogen-bond acceptors (Lipinski definition) is 4. The molecule has 7 heteroatoms. The lowest BCUT2D eigenvalue weighted by molar-refractivity contribution is 0.102. The molecule has 0 spiro atoms. The van der Waals surface area contributed by atoms with Gasteiger partial charge in [0.2, 0.25) is 5.95 Å². The van der Waals surface area contributed by atoms with E-state index < -0.39 is 11.7 Å². The van der Waals surface area contributed by atoms with Crippen molar-refractivity contribution >= 4 is 23.2 Å². The van der Waals surface area contributed by atoms with Gasteiger partial charge in [-0.05, 0) is 49.4 Å². The molecular formula is C18H14F2N4O. The molecule has 2 N–H and O–H groups in total. The first-order valence-electron chi connectivity index (χ1n) is 7.45. The van der Waals surface area contributed by atoms with Crippen LogP contribution in [0.2, 0.25) is 0 Å². The second-order valence-corrected chi connectivity index (χ2v) is 5.28. The summed E-state index contributed by atoms with van der Waals surface area (Å²) in [4.78, 5) is 20.6. The first kappa shape index (κ1) is 16.5. The van der Waals surface area contributed by atoms with Crippen molar-refractivity contribution in [2.75, 3.05) is 10.6 Å². The lowest BCUT2D eigenvalue weighted by Gasteiger charge is -2.09. The molecule has 0 saturated carbocycles. The largest absolute Gasteiger partial charge is 0.324 e. The summed E-state index contributed by atoms with van der Waals surface area (Å²) < 4.78 is 26.6. The van der Waals surface area contributed by atoms with Gasteiger partial charge in [-0.3, -0.25) is 4.79 Å². The molecule has 0 saturated heterocycles. The van der Waals surface area contributed by atoms with E-state index in [4.69, 9.17) is 0 Å². The van der Waals surface area contributed by atoms with E-state index in [0.29, 0.717) is 11.4 Å². The van der Waals surface area contributed by atoms with Gasteiger partial charge in [0.05, 0.1) is 5.69 Å². The minimum atomic E-state index is -0.558. The Hall–Kier alpha value is -3.35. The first-order chi connectivity index (χ1) is 12.0. The number of nitrogens with one attached hydrogen (secondary N) is 2. The van der Waals surface area contributed by atoms with Crippen LogP contribution in [0, 0.1) is 18.6 Å². The summed E-state index contributed by atoms with van der Waals surface area (Å²) >= 11 is 0. The monoisotopic (exact) mass is 340 g/mol.